The zero-order valence-corrected chi connectivity index (χ0v) is 18.6. The van der Waals surface area contributed by atoms with E-state index in [1.165, 1.54) is 25.5 Å². The molecule has 0 spiro atoms. The summed E-state index contributed by atoms with van der Waals surface area (Å²) in [5, 5.41) is 2.65. The highest BCUT2D eigenvalue weighted by Gasteiger charge is 2.34. The van der Waals surface area contributed by atoms with Crippen molar-refractivity contribution in [3.8, 4) is 0 Å². The minimum absolute atomic E-state index is 0.0359. The van der Waals surface area contributed by atoms with Gasteiger partial charge in [-0.15, -0.1) is 6.58 Å². The normalized spacial score (nSPS) is 20.5. The Labute approximate surface area is 188 Å². The number of hydrogen-bond donors (Lipinski definition) is 1. The summed E-state index contributed by atoms with van der Waals surface area (Å²) < 4.78 is 7.33. The van der Waals surface area contributed by atoms with Crippen LogP contribution in [-0.2, 0) is 6.54 Å². The number of carbonyl (C=O) groups is 2. The molecule has 0 radical (unpaired) electrons. The van der Waals surface area contributed by atoms with Gasteiger partial charge in [0.25, 0.3) is 11.8 Å². The van der Waals surface area contributed by atoms with Gasteiger partial charge in [-0.3, -0.25) is 14.4 Å². The van der Waals surface area contributed by atoms with E-state index in [1.54, 1.807) is 21.7 Å². The molecule has 2 atom stereocenters. The van der Waals surface area contributed by atoms with Crippen LogP contribution < -0.4 is 10.7 Å². The Morgan fingerprint density at radius 3 is 2.62 bits per heavy atom. The van der Waals surface area contributed by atoms with Crippen molar-refractivity contribution >= 4 is 11.8 Å². The zero-order valence-electron chi connectivity index (χ0n) is 18.6. The Hall–Kier alpha value is -3.09. The number of piperidine rings is 1. The summed E-state index contributed by atoms with van der Waals surface area (Å²) in [7, 11) is 0. The molecule has 170 valence electrons. The van der Waals surface area contributed by atoms with E-state index < -0.39 is 11.3 Å². The summed E-state index contributed by atoms with van der Waals surface area (Å²) in [5.41, 5.74) is -0.545. The third-order valence-corrected chi connectivity index (χ3v) is 6.67. The van der Waals surface area contributed by atoms with Crippen molar-refractivity contribution < 1.29 is 14.0 Å². The summed E-state index contributed by atoms with van der Waals surface area (Å²) in [6, 6.07) is 3.70. The lowest BCUT2D eigenvalue weighted by Crippen LogP contribution is -2.46. The number of nitrogens with one attached hydrogen (secondary N) is 1. The molecule has 0 unspecified atom stereocenters. The molecule has 32 heavy (non-hydrogen) atoms. The van der Waals surface area contributed by atoms with Gasteiger partial charge in [0.05, 0.1) is 6.54 Å². The highest BCUT2D eigenvalue weighted by Crippen LogP contribution is 2.36. The summed E-state index contributed by atoms with van der Waals surface area (Å²) in [4.78, 5) is 41.1. The van der Waals surface area contributed by atoms with E-state index in [0.717, 1.165) is 18.6 Å². The Bertz CT molecular complexity index is 1070. The number of aryl methyl sites for hydroxylation is 1. The first kappa shape index (κ1) is 22.1. The highest BCUT2D eigenvalue weighted by atomic mass is 16.3. The van der Waals surface area contributed by atoms with Crippen molar-refractivity contribution in [1.29, 1.82) is 0 Å². The fraction of sp³-hybridized carbons (Fsp3) is 0.480. The second kappa shape index (κ2) is 9.59. The fourth-order valence-electron chi connectivity index (χ4n) is 5.00. The van der Waals surface area contributed by atoms with Gasteiger partial charge in [0.15, 0.2) is 0 Å². The fourth-order valence-corrected chi connectivity index (χ4v) is 5.00. The molecule has 0 aromatic carbocycles. The van der Waals surface area contributed by atoms with Crippen LogP contribution in [0, 0.1) is 18.8 Å². The number of likely N-dealkylation sites (tertiary alicyclic amines) is 1. The van der Waals surface area contributed by atoms with Crippen LogP contribution >= 0.6 is 0 Å². The molecule has 1 N–H and O–H groups in total. The van der Waals surface area contributed by atoms with Crippen LogP contribution in [0.5, 0.6) is 0 Å². The predicted molar refractivity (Wildman–Crippen MR) is 122 cm³/mol. The lowest BCUT2D eigenvalue weighted by Gasteiger charge is -2.41. The van der Waals surface area contributed by atoms with Crippen molar-refractivity contribution in [2.45, 2.75) is 45.6 Å². The second-order valence-corrected chi connectivity index (χ2v) is 8.94. The van der Waals surface area contributed by atoms with Crippen LogP contribution in [0.25, 0.3) is 0 Å². The number of aromatic nitrogens is 1. The monoisotopic (exact) mass is 437 g/mol. The molecule has 1 aliphatic carbocycles. The number of furan rings is 1. The van der Waals surface area contributed by atoms with Crippen LogP contribution in [-0.4, -0.2) is 40.9 Å². The standard InChI is InChI=1S/C25H31N3O4/c1-3-11-26-24(30)21-15-27(14-20-9-8-17(2)32-20)16-22(23(21)29)25(31)28-12-10-18-6-4-5-7-19(18)13-28/h3,8-9,15-16,18-19H,1,4-7,10-14H2,2H3,(H,26,30)/t18-,19-/m0/s1. The topological polar surface area (TPSA) is 84.6 Å². The van der Waals surface area contributed by atoms with Crippen molar-refractivity contribution in [3.63, 3.8) is 0 Å². The maximum absolute atomic E-state index is 13.4. The average Bonchev–Trinajstić information content (AvgIpc) is 3.22. The summed E-state index contributed by atoms with van der Waals surface area (Å²) in [6.07, 6.45) is 10.4. The van der Waals surface area contributed by atoms with Crippen LogP contribution in [0.4, 0.5) is 0 Å². The minimum Gasteiger partial charge on any atom is -0.464 e. The van der Waals surface area contributed by atoms with Gasteiger partial charge in [-0.2, -0.15) is 0 Å². The minimum atomic E-state index is -0.533. The van der Waals surface area contributed by atoms with Gasteiger partial charge >= 0.3 is 0 Å². The number of fused-ring (bicyclic) bond motifs is 1. The third-order valence-electron chi connectivity index (χ3n) is 6.67. The van der Waals surface area contributed by atoms with Crippen LogP contribution in [0.2, 0.25) is 0 Å². The van der Waals surface area contributed by atoms with Crippen LogP contribution in [0.3, 0.4) is 0 Å². The van der Waals surface area contributed by atoms with Crippen molar-refractivity contribution in [2.75, 3.05) is 19.6 Å². The predicted octanol–water partition coefficient (Wildman–Crippen LogP) is 3.37. The largest absolute Gasteiger partial charge is 0.464 e. The molecule has 0 bridgehead atoms. The number of hydrogen-bond acceptors (Lipinski definition) is 4. The van der Waals surface area contributed by atoms with Crippen molar-refractivity contribution in [1.82, 2.24) is 14.8 Å². The molecule has 1 aliphatic heterocycles. The molecule has 1 saturated heterocycles. The Kier molecular flexibility index (Phi) is 6.63. The zero-order chi connectivity index (χ0) is 22.7. The Morgan fingerprint density at radius 1 is 1.16 bits per heavy atom. The maximum Gasteiger partial charge on any atom is 0.259 e. The number of pyridine rings is 1. The van der Waals surface area contributed by atoms with Gasteiger partial charge in [0, 0.05) is 32.0 Å². The first-order chi connectivity index (χ1) is 15.5. The molecular formula is C25H31N3O4. The molecule has 1 saturated carbocycles. The van der Waals surface area contributed by atoms with Gasteiger partial charge in [-0.05, 0) is 43.7 Å². The van der Waals surface area contributed by atoms with Crippen LogP contribution in [0.15, 0.2) is 46.4 Å². The smallest absolute Gasteiger partial charge is 0.259 e. The van der Waals surface area contributed by atoms with Crippen molar-refractivity contribution in [3.05, 3.63) is 70.1 Å². The van der Waals surface area contributed by atoms with Crippen LogP contribution in [0.1, 0.15) is 64.3 Å². The second-order valence-electron chi connectivity index (χ2n) is 8.94. The third kappa shape index (κ3) is 4.71. The molecule has 4 rings (SSSR count). The van der Waals surface area contributed by atoms with Gasteiger partial charge in [0.1, 0.15) is 22.6 Å². The van der Waals surface area contributed by atoms with E-state index >= 15 is 0 Å². The molecule has 7 nitrogen and oxygen atoms in total. The highest BCUT2D eigenvalue weighted by molar-refractivity contribution is 5.99. The molecular weight excluding hydrogens is 406 g/mol. The number of carbonyl (C=O) groups excluding carboxylic acids is 2. The van der Waals surface area contributed by atoms with Gasteiger partial charge in [0.2, 0.25) is 5.43 Å². The van der Waals surface area contributed by atoms with E-state index in [-0.39, 0.29) is 23.6 Å². The van der Waals surface area contributed by atoms with Gasteiger partial charge < -0.3 is 19.2 Å². The van der Waals surface area contributed by atoms with E-state index in [2.05, 4.69) is 11.9 Å². The summed E-state index contributed by atoms with van der Waals surface area (Å²) in [5.74, 6) is 1.85. The first-order valence-corrected chi connectivity index (χ1v) is 11.4. The number of nitrogens with zero attached hydrogens (tertiary/aromatic N) is 2. The molecule has 2 aromatic rings. The first-order valence-electron chi connectivity index (χ1n) is 11.4. The van der Waals surface area contributed by atoms with Gasteiger partial charge in [-0.25, -0.2) is 0 Å². The Morgan fingerprint density at radius 2 is 1.91 bits per heavy atom. The molecule has 2 amide bonds. The molecule has 3 heterocycles. The summed E-state index contributed by atoms with van der Waals surface area (Å²) >= 11 is 0. The van der Waals surface area contributed by atoms with E-state index in [4.69, 9.17) is 4.42 Å². The lowest BCUT2D eigenvalue weighted by atomic mass is 9.75. The summed E-state index contributed by atoms with van der Waals surface area (Å²) in [6.45, 7) is 7.35. The Balaban J connectivity index is 1.65. The van der Waals surface area contributed by atoms with Gasteiger partial charge in [-0.1, -0.05) is 25.3 Å². The SMILES string of the molecule is C=CCNC(=O)c1cn(Cc2ccc(C)o2)cc(C(=O)N2CC[C@@H]3CCCC[C@H]3C2)c1=O. The molecule has 2 aliphatic rings. The van der Waals surface area contributed by atoms with E-state index in [0.29, 0.717) is 37.2 Å². The van der Waals surface area contributed by atoms with Crippen molar-refractivity contribution in [2.24, 2.45) is 11.8 Å². The lowest BCUT2D eigenvalue weighted by molar-refractivity contribution is 0.0519. The quantitative estimate of drug-likeness (QED) is 0.703. The average molecular weight is 438 g/mol. The van der Waals surface area contributed by atoms with E-state index in [9.17, 15) is 14.4 Å². The van der Waals surface area contributed by atoms with E-state index in [1.807, 2.05) is 19.1 Å². The maximum atomic E-state index is 13.4. The molecule has 2 aromatic heterocycles. The number of rotatable bonds is 6. The number of amides is 2. The molecule has 2 fully saturated rings. The molecule has 7 heteroatoms.